The molecule has 3 heterocycles. The lowest BCUT2D eigenvalue weighted by atomic mass is 10.1. The van der Waals surface area contributed by atoms with Crippen molar-refractivity contribution in [1.82, 2.24) is 0 Å². The molecule has 0 aliphatic carbocycles. The molecule has 0 amide bonds. The summed E-state index contributed by atoms with van der Waals surface area (Å²) in [5.74, 6) is 1.76. The van der Waals surface area contributed by atoms with Crippen LogP contribution in [0.4, 0.5) is 0 Å². The minimum atomic E-state index is 0.228. The van der Waals surface area contributed by atoms with Gasteiger partial charge in [0.2, 0.25) is 0 Å². The van der Waals surface area contributed by atoms with Crippen LogP contribution in [0.1, 0.15) is 40.7 Å². The van der Waals surface area contributed by atoms with E-state index in [1.807, 2.05) is 25.6 Å². The van der Waals surface area contributed by atoms with Gasteiger partial charge >= 0.3 is 0 Å². The van der Waals surface area contributed by atoms with Crippen LogP contribution in [-0.2, 0) is 6.42 Å². The minimum absolute atomic E-state index is 0.228. The molecule has 2 atom stereocenters. The van der Waals surface area contributed by atoms with Gasteiger partial charge in [0.1, 0.15) is 11.5 Å². The first-order valence-electron chi connectivity index (χ1n) is 5.45. The summed E-state index contributed by atoms with van der Waals surface area (Å²) in [4.78, 5) is 12.1. The van der Waals surface area contributed by atoms with E-state index in [0.29, 0.717) is 10.5 Å². The molecule has 3 rings (SSSR count). The summed E-state index contributed by atoms with van der Waals surface area (Å²) in [6.45, 7) is 3.76. The van der Waals surface area contributed by atoms with E-state index in [2.05, 4.69) is 0 Å². The van der Waals surface area contributed by atoms with Gasteiger partial charge in [-0.05, 0) is 26.7 Å². The molecule has 1 fully saturated rings. The third-order valence-electron chi connectivity index (χ3n) is 3.53. The SMILES string of the molecule is Cc1oc2c(c(=O)c1C)C1CCC(C2)S1. The molecular weight excluding hydrogens is 208 g/mol. The van der Waals surface area contributed by atoms with E-state index in [-0.39, 0.29) is 5.43 Å². The molecule has 0 radical (unpaired) electrons. The summed E-state index contributed by atoms with van der Waals surface area (Å²) in [5.41, 5.74) is 1.99. The lowest BCUT2D eigenvalue weighted by molar-refractivity contribution is 0.450. The molecule has 2 nitrogen and oxygen atoms in total. The molecule has 0 aromatic carbocycles. The van der Waals surface area contributed by atoms with Gasteiger partial charge in [-0.15, -0.1) is 11.8 Å². The van der Waals surface area contributed by atoms with Gasteiger partial charge < -0.3 is 4.42 Å². The quantitative estimate of drug-likeness (QED) is 0.676. The standard InChI is InChI=1S/C12H14O2S/c1-6-7(2)14-9-5-8-3-4-10(15-8)11(9)12(6)13/h8,10H,3-5H2,1-2H3. The molecular formula is C12H14O2S. The van der Waals surface area contributed by atoms with Crippen molar-refractivity contribution < 1.29 is 4.42 Å². The number of hydrogen-bond acceptors (Lipinski definition) is 3. The van der Waals surface area contributed by atoms with E-state index in [1.54, 1.807) is 0 Å². The van der Waals surface area contributed by atoms with Crippen LogP contribution in [0.25, 0.3) is 0 Å². The minimum Gasteiger partial charge on any atom is -0.465 e. The Hall–Kier alpha value is -0.700. The predicted molar refractivity (Wildman–Crippen MR) is 61.5 cm³/mol. The van der Waals surface area contributed by atoms with Gasteiger partial charge in [0.05, 0.1) is 5.56 Å². The number of fused-ring (bicyclic) bond motifs is 4. The fourth-order valence-corrected chi connectivity index (χ4v) is 4.19. The monoisotopic (exact) mass is 222 g/mol. The van der Waals surface area contributed by atoms with Crippen molar-refractivity contribution in [3.8, 4) is 0 Å². The van der Waals surface area contributed by atoms with E-state index in [0.717, 1.165) is 35.5 Å². The first-order chi connectivity index (χ1) is 7.16. The van der Waals surface area contributed by atoms with Crippen LogP contribution in [0.3, 0.4) is 0 Å². The van der Waals surface area contributed by atoms with Gasteiger partial charge in [-0.3, -0.25) is 4.79 Å². The van der Waals surface area contributed by atoms with Crippen molar-refractivity contribution in [3.63, 3.8) is 0 Å². The average molecular weight is 222 g/mol. The van der Waals surface area contributed by atoms with Crippen molar-refractivity contribution in [2.75, 3.05) is 0 Å². The molecule has 3 heteroatoms. The molecule has 0 N–H and O–H groups in total. The van der Waals surface area contributed by atoms with Crippen LogP contribution in [0.2, 0.25) is 0 Å². The summed E-state index contributed by atoms with van der Waals surface area (Å²) >= 11 is 1.96. The van der Waals surface area contributed by atoms with Crippen molar-refractivity contribution >= 4 is 11.8 Å². The Kier molecular flexibility index (Phi) is 2.00. The van der Waals surface area contributed by atoms with Gasteiger partial charge in [-0.25, -0.2) is 0 Å². The summed E-state index contributed by atoms with van der Waals surface area (Å²) in [7, 11) is 0. The fraction of sp³-hybridized carbons (Fsp3) is 0.583. The molecule has 2 aliphatic heterocycles. The topological polar surface area (TPSA) is 30.2 Å². The number of thioether (sulfide) groups is 1. The van der Waals surface area contributed by atoms with Gasteiger partial charge in [-0.1, -0.05) is 0 Å². The van der Waals surface area contributed by atoms with E-state index < -0.39 is 0 Å². The molecule has 80 valence electrons. The molecule has 1 saturated heterocycles. The zero-order chi connectivity index (χ0) is 10.6. The van der Waals surface area contributed by atoms with Gasteiger partial charge in [0, 0.05) is 22.5 Å². The van der Waals surface area contributed by atoms with Crippen LogP contribution >= 0.6 is 11.8 Å². The zero-order valence-electron chi connectivity index (χ0n) is 9.00. The number of hydrogen-bond donors (Lipinski definition) is 0. The van der Waals surface area contributed by atoms with Crippen LogP contribution < -0.4 is 5.43 Å². The highest BCUT2D eigenvalue weighted by molar-refractivity contribution is 8.00. The van der Waals surface area contributed by atoms with Crippen molar-refractivity contribution in [2.45, 2.75) is 43.6 Å². The molecule has 0 spiro atoms. The lowest BCUT2D eigenvalue weighted by Crippen LogP contribution is -2.21. The maximum atomic E-state index is 12.1. The van der Waals surface area contributed by atoms with Crippen LogP contribution in [-0.4, -0.2) is 5.25 Å². The highest BCUT2D eigenvalue weighted by Crippen LogP contribution is 2.50. The Bertz CT molecular complexity index is 475. The fourth-order valence-electron chi connectivity index (χ4n) is 2.56. The second-order valence-corrected chi connectivity index (χ2v) is 5.99. The Morgan fingerprint density at radius 2 is 2.13 bits per heavy atom. The molecule has 2 unspecified atom stereocenters. The second kappa shape index (κ2) is 3.14. The molecule has 15 heavy (non-hydrogen) atoms. The van der Waals surface area contributed by atoms with Crippen molar-refractivity contribution in [1.29, 1.82) is 0 Å². The number of aryl methyl sites for hydroxylation is 1. The third-order valence-corrected chi connectivity index (χ3v) is 5.12. The van der Waals surface area contributed by atoms with E-state index in [1.165, 1.54) is 6.42 Å². The third kappa shape index (κ3) is 1.29. The molecule has 1 aromatic rings. The summed E-state index contributed by atoms with van der Waals surface area (Å²) in [6, 6.07) is 0. The lowest BCUT2D eigenvalue weighted by Gasteiger charge is -2.21. The first-order valence-corrected chi connectivity index (χ1v) is 6.39. The zero-order valence-corrected chi connectivity index (χ0v) is 9.82. The predicted octanol–water partition coefficient (Wildman–Crippen LogP) is 2.75. The molecule has 0 saturated carbocycles. The number of rotatable bonds is 0. The smallest absolute Gasteiger partial charge is 0.192 e. The largest absolute Gasteiger partial charge is 0.465 e. The normalized spacial score (nSPS) is 27.9. The highest BCUT2D eigenvalue weighted by atomic mass is 32.2. The Labute approximate surface area is 93.1 Å². The van der Waals surface area contributed by atoms with Crippen molar-refractivity contribution in [2.24, 2.45) is 0 Å². The maximum Gasteiger partial charge on any atom is 0.192 e. The summed E-state index contributed by atoms with van der Waals surface area (Å²) in [5, 5.41) is 1.10. The van der Waals surface area contributed by atoms with Crippen LogP contribution in [0.5, 0.6) is 0 Å². The van der Waals surface area contributed by atoms with Crippen LogP contribution in [0.15, 0.2) is 9.21 Å². The van der Waals surface area contributed by atoms with Gasteiger partial charge in [-0.2, -0.15) is 0 Å². The molecule has 1 aromatic heterocycles. The second-order valence-electron chi connectivity index (χ2n) is 4.48. The maximum absolute atomic E-state index is 12.1. The van der Waals surface area contributed by atoms with Gasteiger partial charge in [0.15, 0.2) is 5.43 Å². The van der Waals surface area contributed by atoms with E-state index in [9.17, 15) is 4.79 Å². The Morgan fingerprint density at radius 1 is 1.33 bits per heavy atom. The highest BCUT2D eigenvalue weighted by Gasteiger charge is 2.37. The molecule has 2 aliphatic rings. The van der Waals surface area contributed by atoms with E-state index in [4.69, 9.17) is 4.42 Å². The van der Waals surface area contributed by atoms with Gasteiger partial charge in [0.25, 0.3) is 0 Å². The first kappa shape index (κ1) is 9.52. The van der Waals surface area contributed by atoms with E-state index >= 15 is 0 Å². The average Bonchev–Trinajstić information content (AvgIpc) is 2.57. The van der Waals surface area contributed by atoms with Crippen molar-refractivity contribution in [3.05, 3.63) is 32.9 Å². The molecule has 2 bridgehead atoms. The summed E-state index contributed by atoms with van der Waals surface area (Å²) < 4.78 is 5.78. The summed E-state index contributed by atoms with van der Waals surface area (Å²) in [6.07, 6.45) is 3.33. The Balaban J connectivity index is 2.27. The van der Waals surface area contributed by atoms with Crippen LogP contribution in [0, 0.1) is 13.8 Å². The Morgan fingerprint density at radius 3 is 2.93 bits per heavy atom.